The highest BCUT2D eigenvalue weighted by atomic mass is 16.4. The number of aryl methyl sites for hydroxylation is 1. The molecule has 2 rings (SSSR count). The molecule has 6 heteroatoms. The summed E-state index contributed by atoms with van der Waals surface area (Å²) in [7, 11) is 0. The number of nitrogens with zero attached hydrogens (tertiary/aromatic N) is 2. The highest BCUT2D eigenvalue weighted by Gasteiger charge is 2.41. The summed E-state index contributed by atoms with van der Waals surface area (Å²) < 4.78 is 1.77. The predicted octanol–water partition coefficient (Wildman–Crippen LogP) is 1.44. The van der Waals surface area contributed by atoms with Crippen LogP contribution in [0.3, 0.4) is 0 Å². The molecule has 1 amide bonds. The molecule has 1 fully saturated rings. The topological polar surface area (TPSA) is 84.2 Å². The molecule has 1 heterocycles. The summed E-state index contributed by atoms with van der Waals surface area (Å²) in [6.45, 7) is 5.08. The molecule has 21 heavy (non-hydrogen) atoms. The van der Waals surface area contributed by atoms with Crippen molar-refractivity contribution in [1.82, 2.24) is 15.1 Å². The molecule has 0 bridgehead atoms. The molecule has 1 saturated carbocycles. The Morgan fingerprint density at radius 1 is 1.43 bits per heavy atom. The molecule has 2 N–H and O–H groups in total. The summed E-state index contributed by atoms with van der Waals surface area (Å²) >= 11 is 0. The van der Waals surface area contributed by atoms with Gasteiger partial charge in [-0.3, -0.25) is 14.3 Å². The molecule has 116 valence electrons. The van der Waals surface area contributed by atoms with E-state index >= 15 is 0 Å². The SMILES string of the molecule is CCC1C[C@H](C(=O)NCCn2cc(C)cn2)[C@H](C(=O)O)C1. The normalized spacial score (nSPS) is 25.0. The molecular formula is C15H23N3O3. The lowest BCUT2D eigenvalue weighted by Crippen LogP contribution is -2.36. The Morgan fingerprint density at radius 3 is 2.71 bits per heavy atom. The molecule has 1 aliphatic rings. The molecule has 0 aliphatic heterocycles. The Kier molecular flexibility index (Phi) is 4.98. The van der Waals surface area contributed by atoms with Gasteiger partial charge in [0.1, 0.15) is 0 Å². The van der Waals surface area contributed by atoms with Crippen molar-refractivity contribution in [2.45, 2.75) is 39.7 Å². The first kappa shape index (κ1) is 15.5. The van der Waals surface area contributed by atoms with Gasteiger partial charge < -0.3 is 10.4 Å². The highest BCUT2D eigenvalue weighted by molar-refractivity contribution is 5.85. The number of rotatable bonds is 6. The van der Waals surface area contributed by atoms with Crippen LogP contribution in [0, 0.1) is 24.7 Å². The van der Waals surface area contributed by atoms with Crippen LogP contribution in [0.2, 0.25) is 0 Å². The number of hydrogen-bond donors (Lipinski definition) is 2. The van der Waals surface area contributed by atoms with Gasteiger partial charge in [-0.05, 0) is 31.2 Å². The number of carbonyl (C=O) groups is 2. The van der Waals surface area contributed by atoms with Crippen LogP contribution < -0.4 is 5.32 Å². The van der Waals surface area contributed by atoms with Crippen molar-refractivity contribution in [3.63, 3.8) is 0 Å². The maximum Gasteiger partial charge on any atom is 0.307 e. The van der Waals surface area contributed by atoms with Gasteiger partial charge in [-0.15, -0.1) is 0 Å². The zero-order valence-corrected chi connectivity index (χ0v) is 12.6. The fraction of sp³-hybridized carbons (Fsp3) is 0.667. The molecule has 0 radical (unpaired) electrons. The first-order chi connectivity index (χ1) is 10.0. The second-order valence-electron chi connectivity index (χ2n) is 5.87. The first-order valence-electron chi connectivity index (χ1n) is 7.50. The van der Waals surface area contributed by atoms with Gasteiger partial charge in [0.15, 0.2) is 0 Å². The zero-order chi connectivity index (χ0) is 15.4. The number of carbonyl (C=O) groups excluding carboxylic acids is 1. The Balaban J connectivity index is 1.85. The number of amides is 1. The Hall–Kier alpha value is -1.85. The number of hydrogen-bond acceptors (Lipinski definition) is 3. The Labute approximate surface area is 124 Å². The van der Waals surface area contributed by atoms with E-state index in [0.29, 0.717) is 31.8 Å². The van der Waals surface area contributed by atoms with Crippen LogP contribution in [0.1, 0.15) is 31.7 Å². The summed E-state index contributed by atoms with van der Waals surface area (Å²) in [5, 5.41) is 16.3. The van der Waals surface area contributed by atoms with Crippen molar-refractivity contribution in [3.05, 3.63) is 18.0 Å². The van der Waals surface area contributed by atoms with E-state index in [2.05, 4.69) is 10.4 Å². The molecular weight excluding hydrogens is 270 g/mol. The maximum absolute atomic E-state index is 12.2. The fourth-order valence-corrected chi connectivity index (χ4v) is 3.05. The minimum Gasteiger partial charge on any atom is -0.481 e. The summed E-state index contributed by atoms with van der Waals surface area (Å²) in [6, 6.07) is 0. The lowest BCUT2D eigenvalue weighted by atomic mass is 9.95. The number of aromatic nitrogens is 2. The van der Waals surface area contributed by atoms with Crippen LogP contribution in [0.15, 0.2) is 12.4 Å². The van der Waals surface area contributed by atoms with Crippen LogP contribution in [0.25, 0.3) is 0 Å². The van der Waals surface area contributed by atoms with E-state index in [-0.39, 0.29) is 5.91 Å². The van der Waals surface area contributed by atoms with E-state index in [9.17, 15) is 14.7 Å². The molecule has 6 nitrogen and oxygen atoms in total. The van der Waals surface area contributed by atoms with Crippen molar-refractivity contribution in [1.29, 1.82) is 0 Å². The molecule has 3 atom stereocenters. The number of nitrogens with one attached hydrogen (secondary N) is 1. The number of carboxylic acids is 1. The smallest absolute Gasteiger partial charge is 0.307 e. The molecule has 0 aromatic carbocycles. The molecule has 1 unspecified atom stereocenters. The van der Waals surface area contributed by atoms with Crippen molar-refractivity contribution in [2.24, 2.45) is 17.8 Å². The van der Waals surface area contributed by atoms with Gasteiger partial charge in [-0.25, -0.2) is 0 Å². The third-order valence-corrected chi connectivity index (χ3v) is 4.29. The van der Waals surface area contributed by atoms with Crippen LogP contribution in [0.5, 0.6) is 0 Å². The molecule has 0 saturated heterocycles. The Morgan fingerprint density at radius 2 is 2.14 bits per heavy atom. The second-order valence-corrected chi connectivity index (χ2v) is 5.87. The molecule has 1 aromatic rings. The van der Waals surface area contributed by atoms with Crippen molar-refractivity contribution in [2.75, 3.05) is 6.54 Å². The molecule has 1 aromatic heterocycles. The summed E-state index contributed by atoms with van der Waals surface area (Å²) in [6.07, 6.45) is 5.91. The largest absolute Gasteiger partial charge is 0.481 e. The zero-order valence-electron chi connectivity index (χ0n) is 12.6. The van der Waals surface area contributed by atoms with Crippen molar-refractivity contribution < 1.29 is 14.7 Å². The quantitative estimate of drug-likeness (QED) is 0.831. The van der Waals surface area contributed by atoms with Gasteiger partial charge in [0.25, 0.3) is 0 Å². The third-order valence-electron chi connectivity index (χ3n) is 4.29. The van der Waals surface area contributed by atoms with Gasteiger partial charge in [0.05, 0.1) is 24.6 Å². The average molecular weight is 293 g/mol. The van der Waals surface area contributed by atoms with Crippen LogP contribution in [-0.2, 0) is 16.1 Å². The maximum atomic E-state index is 12.2. The lowest BCUT2D eigenvalue weighted by molar-refractivity contribution is -0.146. The van der Waals surface area contributed by atoms with Crippen LogP contribution in [0.4, 0.5) is 0 Å². The third kappa shape index (κ3) is 3.83. The van der Waals surface area contributed by atoms with Crippen molar-refractivity contribution in [3.8, 4) is 0 Å². The predicted molar refractivity (Wildman–Crippen MR) is 77.6 cm³/mol. The van der Waals surface area contributed by atoms with E-state index in [4.69, 9.17) is 0 Å². The van der Waals surface area contributed by atoms with Gasteiger partial charge in [0.2, 0.25) is 5.91 Å². The first-order valence-corrected chi connectivity index (χ1v) is 7.50. The summed E-state index contributed by atoms with van der Waals surface area (Å²) in [4.78, 5) is 23.5. The lowest BCUT2D eigenvalue weighted by Gasteiger charge is -2.15. The minimum atomic E-state index is -0.853. The number of carboxylic acid groups (broad SMARTS) is 1. The monoisotopic (exact) mass is 293 g/mol. The Bertz CT molecular complexity index is 512. The van der Waals surface area contributed by atoms with Gasteiger partial charge in [0, 0.05) is 12.7 Å². The van der Waals surface area contributed by atoms with E-state index in [1.54, 1.807) is 10.9 Å². The fourth-order valence-electron chi connectivity index (χ4n) is 3.05. The minimum absolute atomic E-state index is 0.137. The van der Waals surface area contributed by atoms with Crippen molar-refractivity contribution >= 4 is 11.9 Å². The van der Waals surface area contributed by atoms with Gasteiger partial charge in [-0.1, -0.05) is 13.3 Å². The second kappa shape index (κ2) is 6.74. The van der Waals surface area contributed by atoms with Gasteiger partial charge in [-0.2, -0.15) is 5.10 Å². The van der Waals surface area contributed by atoms with Crippen LogP contribution >= 0.6 is 0 Å². The van der Waals surface area contributed by atoms with E-state index in [0.717, 1.165) is 12.0 Å². The van der Waals surface area contributed by atoms with E-state index in [1.807, 2.05) is 20.0 Å². The van der Waals surface area contributed by atoms with Gasteiger partial charge >= 0.3 is 5.97 Å². The number of aliphatic carboxylic acids is 1. The molecule has 1 aliphatic carbocycles. The summed E-state index contributed by atoms with van der Waals surface area (Å²) in [5.41, 5.74) is 1.08. The highest BCUT2D eigenvalue weighted by Crippen LogP contribution is 2.38. The summed E-state index contributed by atoms with van der Waals surface area (Å²) in [5.74, 6) is -1.58. The molecule has 0 spiro atoms. The standard InChI is InChI=1S/C15H23N3O3/c1-3-11-6-12(13(7-11)15(20)21)14(19)16-4-5-18-9-10(2)8-17-18/h8-9,11-13H,3-7H2,1-2H3,(H,16,19)(H,20,21)/t11?,12-,13+/m0/s1. The van der Waals surface area contributed by atoms with Crippen LogP contribution in [-0.4, -0.2) is 33.3 Å². The van der Waals surface area contributed by atoms with E-state index < -0.39 is 17.8 Å². The van der Waals surface area contributed by atoms with E-state index in [1.165, 1.54) is 0 Å². The average Bonchev–Trinajstić information content (AvgIpc) is 3.04.